The predicted molar refractivity (Wildman–Crippen MR) is 112 cm³/mol. The minimum Gasteiger partial charge on any atom is -0.482 e. The number of hydrogen-bond acceptors (Lipinski definition) is 7. The molecular weight excluding hydrogens is 400 g/mol. The Balaban J connectivity index is 1.57. The molecule has 0 atom stereocenters. The summed E-state index contributed by atoms with van der Waals surface area (Å²) in [5.74, 6) is -0.0715. The highest BCUT2D eigenvalue weighted by molar-refractivity contribution is 5.95. The van der Waals surface area contributed by atoms with Crippen molar-refractivity contribution in [3.63, 3.8) is 0 Å². The first-order valence-corrected chi connectivity index (χ1v) is 9.57. The Morgan fingerprint density at radius 3 is 2.58 bits per heavy atom. The van der Waals surface area contributed by atoms with Crippen LogP contribution in [0, 0.1) is 20.8 Å². The summed E-state index contributed by atoms with van der Waals surface area (Å²) in [5.41, 5.74) is 2.90. The van der Waals surface area contributed by atoms with Crippen LogP contribution in [0.3, 0.4) is 0 Å². The fourth-order valence-corrected chi connectivity index (χ4v) is 3.20. The molecule has 0 spiro atoms. The third kappa shape index (κ3) is 4.27. The van der Waals surface area contributed by atoms with Gasteiger partial charge in [-0.2, -0.15) is 0 Å². The SMILES string of the molecule is Cc1cc(C)nc(-c2nc(C(=O)NCc3ccc4c(c3)NC(=O)CO4)[nH]c(=O)c2C)n1. The van der Waals surface area contributed by atoms with E-state index in [0.717, 1.165) is 17.0 Å². The molecule has 1 aromatic carbocycles. The van der Waals surface area contributed by atoms with E-state index >= 15 is 0 Å². The van der Waals surface area contributed by atoms with E-state index in [9.17, 15) is 14.4 Å². The van der Waals surface area contributed by atoms with Gasteiger partial charge in [0.25, 0.3) is 17.4 Å². The fourth-order valence-electron chi connectivity index (χ4n) is 3.20. The summed E-state index contributed by atoms with van der Waals surface area (Å²) >= 11 is 0. The number of fused-ring (bicyclic) bond motifs is 1. The van der Waals surface area contributed by atoms with Crippen molar-refractivity contribution in [3.05, 3.63) is 63.0 Å². The summed E-state index contributed by atoms with van der Waals surface area (Å²) in [4.78, 5) is 52.0. The Morgan fingerprint density at radius 1 is 1.10 bits per heavy atom. The van der Waals surface area contributed by atoms with Gasteiger partial charge in [0.1, 0.15) is 11.4 Å². The number of ether oxygens (including phenoxy) is 1. The minimum atomic E-state index is -0.555. The van der Waals surface area contributed by atoms with Crippen molar-refractivity contribution in [3.8, 4) is 17.3 Å². The topological polar surface area (TPSA) is 139 Å². The summed E-state index contributed by atoms with van der Waals surface area (Å²) < 4.78 is 5.32. The van der Waals surface area contributed by atoms with Gasteiger partial charge in [0, 0.05) is 23.5 Å². The summed E-state index contributed by atoms with van der Waals surface area (Å²) in [7, 11) is 0. The predicted octanol–water partition coefficient (Wildman–Crippen LogP) is 1.41. The number of nitrogens with zero attached hydrogens (tertiary/aromatic N) is 3. The van der Waals surface area contributed by atoms with Gasteiger partial charge in [-0.15, -0.1) is 0 Å². The Kier molecular flexibility index (Phi) is 5.20. The van der Waals surface area contributed by atoms with E-state index in [4.69, 9.17) is 4.74 Å². The van der Waals surface area contributed by atoms with Gasteiger partial charge in [-0.05, 0) is 44.5 Å². The quantitative estimate of drug-likeness (QED) is 0.580. The first-order chi connectivity index (χ1) is 14.8. The number of carbonyl (C=O) groups excluding carboxylic acids is 2. The molecule has 158 valence electrons. The second kappa shape index (κ2) is 7.98. The number of H-pyrrole nitrogens is 1. The summed E-state index contributed by atoms with van der Waals surface area (Å²) in [6.07, 6.45) is 0. The standard InChI is InChI=1S/C21H20N6O4/c1-10-6-11(2)24-18(23-10)17-12(3)20(29)27-19(26-17)21(30)22-8-13-4-5-15-14(7-13)25-16(28)9-31-15/h4-7H,8-9H2,1-3H3,(H,22,30)(H,25,28)(H,26,27,29). The smallest absolute Gasteiger partial charge is 0.287 e. The van der Waals surface area contributed by atoms with Crippen LogP contribution in [-0.2, 0) is 11.3 Å². The Bertz CT molecular complexity index is 1250. The zero-order valence-corrected chi connectivity index (χ0v) is 17.2. The molecule has 3 heterocycles. The van der Waals surface area contributed by atoms with Crippen LogP contribution < -0.4 is 20.9 Å². The first kappa shape index (κ1) is 20.2. The summed E-state index contributed by atoms with van der Waals surface area (Å²) in [6, 6.07) is 7.02. The van der Waals surface area contributed by atoms with Gasteiger partial charge in [-0.3, -0.25) is 14.4 Å². The zero-order valence-electron chi connectivity index (χ0n) is 17.2. The number of carbonyl (C=O) groups is 2. The van der Waals surface area contributed by atoms with Crippen molar-refractivity contribution >= 4 is 17.5 Å². The number of hydrogen-bond donors (Lipinski definition) is 3. The molecular formula is C21H20N6O4. The molecule has 0 fully saturated rings. The maximum Gasteiger partial charge on any atom is 0.287 e. The second-order valence-corrected chi connectivity index (χ2v) is 7.21. The lowest BCUT2D eigenvalue weighted by Gasteiger charge is -2.18. The zero-order chi connectivity index (χ0) is 22.1. The number of benzene rings is 1. The monoisotopic (exact) mass is 420 g/mol. The molecule has 10 heteroatoms. The van der Waals surface area contributed by atoms with E-state index in [-0.39, 0.29) is 30.6 Å². The molecule has 2 aromatic heterocycles. The first-order valence-electron chi connectivity index (χ1n) is 9.57. The van der Waals surface area contributed by atoms with E-state index < -0.39 is 11.5 Å². The van der Waals surface area contributed by atoms with Gasteiger partial charge in [0.2, 0.25) is 0 Å². The van der Waals surface area contributed by atoms with E-state index in [1.807, 2.05) is 19.9 Å². The lowest BCUT2D eigenvalue weighted by molar-refractivity contribution is -0.118. The van der Waals surface area contributed by atoms with Crippen molar-refractivity contribution in [1.82, 2.24) is 25.3 Å². The third-order valence-electron chi connectivity index (χ3n) is 4.69. The van der Waals surface area contributed by atoms with Crippen LogP contribution in [0.5, 0.6) is 5.75 Å². The van der Waals surface area contributed by atoms with Crippen molar-refractivity contribution in [2.24, 2.45) is 0 Å². The van der Waals surface area contributed by atoms with E-state index in [2.05, 4.69) is 30.6 Å². The Morgan fingerprint density at radius 2 is 1.84 bits per heavy atom. The molecule has 31 heavy (non-hydrogen) atoms. The minimum absolute atomic E-state index is 0.0257. The van der Waals surface area contributed by atoms with Crippen LogP contribution >= 0.6 is 0 Å². The number of aryl methyl sites for hydroxylation is 2. The van der Waals surface area contributed by atoms with Gasteiger partial charge >= 0.3 is 0 Å². The van der Waals surface area contributed by atoms with Gasteiger partial charge in [0.05, 0.1) is 5.69 Å². The largest absolute Gasteiger partial charge is 0.482 e. The number of rotatable bonds is 4. The van der Waals surface area contributed by atoms with Gasteiger partial charge < -0.3 is 20.4 Å². The number of aromatic amines is 1. The molecule has 1 aliphatic heterocycles. The highest BCUT2D eigenvalue weighted by Gasteiger charge is 2.18. The normalized spacial score (nSPS) is 12.5. The molecule has 0 radical (unpaired) electrons. The van der Waals surface area contributed by atoms with Crippen LogP contribution in [0.1, 0.15) is 33.1 Å². The highest BCUT2D eigenvalue weighted by atomic mass is 16.5. The fraction of sp³-hybridized carbons (Fsp3) is 0.238. The van der Waals surface area contributed by atoms with E-state index in [1.165, 1.54) is 0 Å². The molecule has 0 saturated carbocycles. The number of aromatic nitrogens is 4. The molecule has 1 aliphatic rings. The highest BCUT2D eigenvalue weighted by Crippen LogP contribution is 2.28. The molecule has 3 aromatic rings. The van der Waals surface area contributed by atoms with Gasteiger partial charge in [-0.1, -0.05) is 6.07 Å². The van der Waals surface area contributed by atoms with Gasteiger partial charge in [-0.25, -0.2) is 15.0 Å². The molecule has 0 aliphatic carbocycles. The average molecular weight is 420 g/mol. The number of anilines is 1. The van der Waals surface area contributed by atoms with Crippen molar-refractivity contribution < 1.29 is 14.3 Å². The van der Waals surface area contributed by atoms with Crippen LogP contribution in [0.4, 0.5) is 5.69 Å². The maximum atomic E-state index is 12.7. The molecule has 4 rings (SSSR count). The summed E-state index contributed by atoms with van der Waals surface area (Å²) in [5, 5.41) is 5.43. The lowest BCUT2D eigenvalue weighted by Crippen LogP contribution is -2.29. The van der Waals surface area contributed by atoms with Crippen molar-refractivity contribution in [1.29, 1.82) is 0 Å². The molecule has 0 bridgehead atoms. The number of amides is 2. The molecule has 2 amide bonds. The van der Waals surface area contributed by atoms with Crippen molar-refractivity contribution in [2.75, 3.05) is 11.9 Å². The van der Waals surface area contributed by atoms with Gasteiger partial charge in [0.15, 0.2) is 18.3 Å². The lowest BCUT2D eigenvalue weighted by atomic mass is 10.1. The van der Waals surface area contributed by atoms with Crippen LogP contribution in [0.25, 0.3) is 11.5 Å². The summed E-state index contributed by atoms with van der Waals surface area (Å²) in [6.45, 7) is 5.38. The molecule has 0 unspecified atom stereocenters. The molecule has 10 nitrogen and oxygen atoms in total. The van der Waals surface area contributed by atoms with Crippen LogP contribution in [0.2, 0.25) is 0 Å². The Hall–Kier alpha value is -4.08. The van der Waals surface area contributed by atoms with Crippen LogP contribution in [-0.4, -0.2) is 38.4 Å². The second-order valence-electron chi connectivity index (χ2n) is 7.21. The third-order valence-corrected chi connectivity index (χ3v) is 4.69. The maximum absolute atomic E-state index is 12.7. The molecule has 3 N–H and O–H groups in total. The average Bonchev–Trinajstić information content (AvgIpc) is 2.72. The van der Waals surface area contributed by atoms with Crippen molar-refractivity contribution in [2.45, 2.75) is 27.3 Å². The Labute approximate surface area is 177 Å². The van der Waals surface area contributed by atoms with E-state index in [1.54, 1.807) is 25.1 Å². The van der Waals surface area contributed by atoms with Crippen LogP contribution in [0.15, 0.2) is 29.1 Å². The van der Waals surface area contributed by atoms with E-state index in [0.29, 0.717) is 22.8 Å². The molecule has 0 saturated heterocycles. The number of nitrogens with one attached hydrogen (secondary N) is 3.